The molecule has 2 aromatic heterocycles. The van der Waals surface area contributed by atoms with E-state index in [0.717, 1.165) is 4.49 Å². The highest BCUT2D eigenvalue weighted by molar-refractivity contribution is 6.34. The van der Waals surface area contributed by atoms with Gasteiger partial charge in [-0.25, -0.2) is 4.79 Å². The van der Waals surface area contributed by atoms with Gasteiger partial charge in [-0.3, -0.25) is 0 Å². The van der Waals surface area contributed by atoms with Crippen molar-refractivity contribution < 1.29 is 33.0 Å². The fourth-order valence-corrected chi connectivity index (χ4v) is 2.87. The van der Waals surface area contributed by atoms with Gasteiger partial charge in [-0.05, 0) is 25.0 Å². The maximum absolute atomic E-state index is 13.3. The molecule has 0 unspecified atom stereocenters. The highest BCUT2D eigenvalue weighted by Crippen LogP contribution is 2.27. The summed E-state index contributed by atoms with van der Waals surface area (Å²) in [5, 5.41) is 18.9. The predicted octanol–water partition coefficient (Wildman–Crippen LogP) is 2.07. The summed E-state index contributed by atoms with van der Waals surface area (Å²) in [4.78, 5) is 19.8. The molecular formula is C17H18BF2N3O4. The third-order valence-corrected chi connectivity index (χ3v) is 4.12. The molecule has 0 atom stereocenters. The van der Waals surface area contributed by atoms with Crippen LogP contribution in [0.5, 0.6) is 11.8 Å². The van der Waals surface area contributed by atoms with Gasteiger partial charge < -0.3 is 33.2 Å². The number of hydrogen-bond donors (Lipinski definition) is 3. The number of allylic oxidation sites excluding steroid dienone is 3. The molecule has 142 valence electrons. The number of halogens is 2. The number of carbonyl (C=O) groups excluding carboxylic acids is 1. The van der Waals surface area contributed by atoms with Crippen molar-refractivity contribution in [1.82, 2.24) is 9.71 Å². The van der Waals surface area contributed by atoms with Crippen molar-refractivity contribution in [2.24, 2.45) is 0 Å². The maximum Gasteiger partial charge on any atom is 0.602 e. The zero-order valence-electron chi connectivity index (χ0n) is 14.3. The summed E-state index contributed by atoms with van der Waals surface area (Å²) in [7, 11) is -3.50. The fourth-order valence-electron chi connectivity index (χ4n) is 2.87. The first kappa shape index (κ1) is 18.5. The zero-order chi connectivity index (χ0) is 19.4. The van der Waals surface area contributed by atoms with Crippen LogP contribution in [0.4, 0.5) is 8.63 Å². The molecule has 0 saturated carbocycles. The molecule has 27 heavy (non-hydrogen) atoms. The number of aromatic amines is 1. The fraction of sp³-hybridized carbons (Fsp3) is 0.176. The van der Waals surface area contributed by atoms with E-state index in [4.69, 9.17) is 4.84 Å². The molecule has 0 aromatic carbocycles. The number of aromatic hydroxyl groups is 2. The Morgan fingerprint density at radius 1 is 1.22 bits per heavy atom. The maximum atomic E-state index is 13.3. The molecule has 1 aliphatic rings. The van der Waals surface area contributed by atoms with Crippen LogP contribution in [0.25, 0.3) is 5.57 Å². The predicted molar refractivity (Wildman–Crippen MR) is 95.7 cm³/mol. The van der Waals surface area contributed by atoms with Gasteiger partial charge in [0.05, 0.1) is 0 Å². The van der Waals surface area contributed by atoms with E-state index < -0.39 is 25.1 Å². The highest BCUT2D eigenvalue weighted by Gasteiger charge is 2.25. The summed E-state index contributed by atoms with van der Waals surface area (Å²) in [5.41, 5.74) is 1.76. The van der Waals surface area contributed by atoms with Crippen LogP contribution in [-0.2, 0) is 4.79 Å². The number of aromatic nitrogens is 2. The third-order valence-electron chi connectivity index (χ3n) is 4.12. The van der Waals surface area contributed by atoms with E-state index >= 15 is 0 Å². The molecule has 2 aromatic rings. The standard InChI is InChI=1S/C17H18BF2N3O4/c19-18(20)22-11-3-6-14(22)12(13-5-2-10-21-13)4-1-7-17(26)27-23-15(24)8-9-16(23)25/h2-3,5-6,8-11,18,21,24-25H,1,4,7H2. The summed E-state index contributed by atoms with van der Waals surface area (Å²) >= 11 is 0. The molecular weight excluding hydrogens is 359 g/mol. The first-order chi connectivity index (χ1) is 13.0. The van der Waals surface area contributed by atoms with Gasteiger partial charge in [0.15, 0.2) is 5.70 Å². The largest absolute Gasteiger partial charge is 0.602 e. The highest BCUT2D eigenvalue weighted by atomic mass is 19.2. The lowest BCUT2D eigenvalue weighted by molar-refractivity contribution is -0.336. The molecule has 1 aliphatic heterocycles. The van der Waals surface area contributed by atoms with E-state index in [9.17, 15) is 23.6 Å². The molecule has 0 fully saturated rings. The van der Waals surface area contributed by atoms with E-state index in [1.807, 2.05) is 0 Å². The second-order valence-electron chi connectivity index (χ2n) is 5.93. The Labute approximate surface area is 153 Å². The Morgan fingerprint density at radius 3 is 2.59 bits per heavy atom. The van der Waals surface area contributed by atoms with E-state index in [-0.39, 0.29) is 6.42 Å². The third kappa shape index (κ3) is 4.10. The van der Waals surface area contributed by atoms with Crippen LogP contribution in [0.15, 0.2) is 48.3 Å². The quantitative estimate of drug-likeness (QED) is 0.645. The summed E-state index contributed by atoms with van der Waals surface area (Å²) in [6, 6.07) is 5.91. The van der Waals surface area contributed by atoms with Crippen LogP contribution < -0.4 is 4.84 Å². The monoisotopic (exact) mass is 377 g/mol. The van der Waals surface area contributed by atoms with Crippen LogP contribution in [0.3, 0.4) is 0 Å². The van der Waals surface area contributed by atoms with Crippen LogP contribution in [0, 0.1) is 0 Å². The van der Waals surface area contributed by atoms with Gasteiger partial charge in [0.1, 0.15) is 6.21 Å². The van der Waals surface area contributed by atoms with Crippen molar-refractivity contribution >= 4 is 25.2 Å². The van der Waals surface area contributed by atoms with E-state index in [1.165, 1.54) is 18.3 Å². The van der Waals surface area contributed by atoms with Gasteiger partial charge in [-0.2, -0.15) is 0 Å². The van der Waals surface area contributed by atoms with Crippen molar-refractivity contribution in [3.8, 4) is 11.8 Å². The molecule has 0 spiro atoms. The number of rotatable bonds is 7. The molecule has 0 amide bonds. The van der Waals surface area contributed by atoms with Gasteiger partial charge in [0.2, 0.25) is 11.8 Å². The second kappa shape index (κ2) is 7.94. The van der Waals surface area contributed by atoms with Gasteiger partial charge in [-0.1, -0.05) is 0 Å². The van der Waals surface area contributed by atoms with Crippen molar-refractivity contribution in [2.45, 2.75) is 19.3 Å². The number of carbonyl (C=O) groups is 1. The Morgan fingerprint density at radius 2 is 1.96 bits per heavy atom. The number of H-pyrrole nitrogens is 1. The van der Waals surface area contributed by atoms with E-state index in [1.54, 1.807) is 30.5 Å². The van der Waals surface area contributed by atoms with E-state index in [2.05, 4.69) is 4.98 Å². The van der Waals surface area contributed by atoms with Crippen molar-refractivity contribution in [3.05, 3.63) is 54.0 Å². The number of nitrogens with one attached hydrogen (secondary N) is 1. The Hall–Kier alpha value is -3.30. The minimum atomic E-state index is -3.50. The van der Waals surface area contributed by atoms with Crippen molar-refractivity contribution in [1.29, 1.82) is 0 Å². The topological polar surface area (TPSA) is 90.5 Å². The zero-order valence-corrected chi connectivity index (χ0v) is 14.3. The lowest BCUT2D eigenvalue weighted by Crippen LogP contribution is -2.21. The van der Waals surface area contributed by atoms with Crippen LogP contribution in [0.1, 0.15) is 25.0 Å². The minimum Gasteiger partial charge on any atom is -0.492 e. The van der Waals surface area contributed by atoms with Gasteiger partial charge >= 0.3 is 13.4 Å². The average molecular weight is 377 g/mol. The van der Waals surface area contributed by atoms with Gasteiger partial charge in [0, 0.05) is 48.2 Å². The van der Waals surface area contributed by atoms with Crippen LogP contribution in [-0.4, -0.2) is 44.0 Å². The summed E-state index contributed by atoms with van der Waals surface area (Å²) in [5.74, 6) is -1.48. The molecule has 0 bridgehead atoms. The summed E-state index contributed by atoms with van der Waals surface area (Å²) in [6.45, 7) is 0. The number of hydrogen-bond acceptors (Lipinski definition) is 4. The first-order valence-corrected chi connectivity index (χ1v) is 8.38. The molecule has 0 saturated heterocycles. The van der Waals surface area contributed by atoms with E-state index in [0.29, 0.717) is 34.5 Å². The van der Waals surface area contributed by atoms with Crippen LogP contribution >= 0.6 is 0 Å². The molecule has 0 aliphatic carbocycles. The van der Waals surface area contributed by atoms with Crippen molar-refractivity contribution in [3.63, 3.8) is 0 Å². The molecule has 3 rings (SSSR count). The van der Waals surface area contributed by atoms with Crippen LogP contribution in [0.2, 0.25) is 0 Å². The summed E-state index contributed by atoms with van der Waals surface area (Å²) in [6.07, 6.45) is 6.87. The van der Waals surface area contributed by atoms with Gasteiger partial charge in [0.25, 0.3) is 0 Å². The molecule has 10 heteroatoms. The van der Waals surface area contributed by atoms with Crippen molar-refractivity contribution in [2.75, 3.05) is 0 Å². The molecule has 3 N–H and O–H groups in total. The Balaban J connectivity index is 1.69. The SMILES string of the molecule is O=C(CCCC(=C1C=CC=[N+]1[BH-](F)F)c1ccc[nH]1)On1c(O)ccc1O. The molecule has 7 nitrogen and oxygen atoms in total. The number of nitrogens with zero attached hydrogens (tertiary/aromatic N) is 2. The Kier molecular flexibility index (Phi) is 5.44. The first-order valence-electron chi connectivity index (χ1n) is 8.38. The average Bonchev–Trinajstić information content (AvgIpc) is 3.37. The van der Waals surface area contributed by atoms with Gasteiger partial charge in [-0.15, -0.1) is 4.73 Å². The molecule has 0 radical (unpaired) electrons. The molecule has 3 heterocycles. The smallest absolute Gasteiger partial charge is 0.492 e. The minimum absolute atomic E-state index is 0.0243. The second-order valence-corrected chi connectivity index (χ2v) is 5.93. The lowest BCUT2D eigenvalue weighted by Gasteiger charge is -2.13. The normalized spacial score (nSPS) is 15.3. The lowest BCUT2D eigenvalue weighted by atomic mass is 10.0. The summed E-state index contributed by atoms with van der Waals surface area (Å²) < 4.78 is 28.2. The Bertz CT molecular complexity index is 897.